The lowest BCUT2D eigenvalue weighted by Gasteiger charge is -1.98. The fourth-order valence-electron chi connectivity index (χ4n) is 1.19. The maximum absolute atomic E-state index is 9.52. The van der Waals surface area contributed by atoms with Crippen LogP contribution in [0.3, 0.4) is 0 Å². The highest BCUT2D eigenvalue weighted by atomic mass is 32.1. The van der Waals surface area contributed by atoms with Crippen molar-refractivity contribution < 1.29 is 5.11 Å². The Morgan fingerprint density at radius 3 is 2.92 bits per heavy atom. The van der Waals surface area contributed by atoms with E-state index < -0.39 is 0 Å². The Balaban J connectivity index is 2.52. The van der Waals surface area contributed by atoms with Crippen LogP contribution in [0.15, 0.2) is 29.8 Å². The number of aromatic nitrogens is 1. The molecule has 2 rings (SSSR count). The van der Waals surface area contributed by atoms with E-state index in [1.807, 2.05) is 18.4 Å². The molecule has 2 heterocycles. The minimum Gasteiger partial charge on any atom is -0.506 e. The first-order valence-electron chi connectivity index (χ1n) is 3.97. The van der Waals surface area contributed by atoms with Crippen LogP contribution in [0.1, 0.15) is 4.88 Å². The van der Waals surface area contributed by atoms with Crippen LogP contribution in [-0.2, 0) is 0 Å². The van der Waals surface area contributed by atoms with Gasteiger partial charge in [-0.3, -0.25) is 4.98 Å². The highest BCUT2D eigenvalue weighted by Crippen LogP contribution is 2.29. The van der Waals surface area contributed by atoms with Gasteiger partial charge in [-0.2, -0.15) is 0 Å². The van der Waals surface area contributed by atoms with Crippen molar-refractivity contribution in [2.45, 2.75) is 6.92 Å². The van der Waals surface area contributed by atoms with Gasteiger partial charge in [0, 0.05) is 22.0 Å². The van der Waals surface area contributed by atoms with Crippen molar-refractivity contribution in [1.82, 2.24) is 4.98 Å². The average Bonchev–Trinajstić information content (AvgIpc) is 2.53. The quantitative estimate of drug-likeness (QED) is 0.751. The van der Waals surface area contributed by atoms with Crippen LogP contribution in [0.2, 0.25) is 0 Å². The number of thiophene rings is 1. The Labute approximate surface area is 80.5 Å². The van der Waals surface area contributed by atoms with E-state index in [2.05, 4.69) is 4.98 Å². The Morgan fingerprint density at radius 1 is 1.46 bits per heavy atom. The number of hydrogen-bond acceptors (Lipinski definition) is 3. The van der Waals surface area contributed by atoms with Crippen molar-refractivity contribution in [2.24, 2.45) is 0 Å². The molecule has 2 nitrogen and oxygen atoms in total. The van der Waals surface area contributed by atoms with Crippen molar-refractivity contribution in [3.8, 4) is 17.0 Å². The zero-order valence-corrected chi connectivity index (χ0v) is 8.01. The summed E-state index contributed by atoms with van der Waals surface area (Å²) in [6.45, 7) is 2.04. The van der Waals surface area contributed by atoms with E-state index in [9.17, 15) is 5.11 Å². The molecule has 0 aliphatic carbocycles. The molecule has 3 heteroatoms. The third-order valence-corrected chi connectivity index (χ3v) is 2.65. The summed E-state index contributed by atoms with van der Waals surface area (Å²) in [6, 6.07) is 5.39. The maximum Gasteiger partial charge on any atom is 0.141 e. The van der Waals surface area contributed by atoms with Gasteiger partial charge in [-0.05, 0) is 25.1 Å². The second kappa shape index (κ2) is 3.18. The lowest BCUT2D eigenvalue weighted by molar-refractivity contribution is 0.475. The molecule has 0 radical (unpaired) electrons. The van der Waals surface area contributed by atoms with E-state index in [1.54, 1.807) is 29.7 Å². The Bertz CT molecular complexity index is 422. The maximum atomic E-state index is 9.52. The molecule has 0 saturated heterocycles. The first-order valence-corrected chi connectivity index (χ1v) is 4.85. The van der Waals surface area contributed by atoms with E-state index in [0.717, 1.165) is 5.56 Å². The number of nitrogens with zero attached hydrogens (tertiary/aromatic N) is 1. The van der Waals surface area contributed by atoms with Gasteiger partial charge >= 0.3 is 0 Å². The molecule has 2 aromatic rings. The number of rotatable bonds is 1. The van der Waals surface area contributed by atoms with Gasteiger partial charge in [0.25, 0.3) is 0 Å². The van der Waals surface area contributed by atoms with Gasteiger partial charge in [-0.1, -0.05) is 0 Å². The molecule has 0 aromatic carbocycles. The van der Waals surface area contributed by atoms with Crippen LogP contribution in [0.4, 0.5) is 0 Å². The zero-order chi connectivity index (χ0) is 9.26. The topological polar surface area (TPSA) is 33.1 Å². The predicted octanol–water partition coefficient (Wildman–Crippen LogP) is 2.82. The van der Waals surface area contributed by atoms with Gasteiger partial charge in [0.15, 0.2) is 0 Å². The fraction of sp³-hybridized carbons (Fsp3) is 0.100. The third kappa shape index (κ3) is 1.55. The Morgan fingerprint density at radius 2 is 2.31 bits per heavy atom. The molecule has 66 valence electrons. The number of hydrogen-bond donors (Lipinski definition) is 1. The van der Waals surface area contributed by atoms with Gasteiger partial charge in [-0.15, -0.1) is 11.3 Å². The number of aromatic hydroxyl groups is 1. The predicted molar refractivity (Wildman–Crippen MR) is 54.0 cm³/mol. The van der Waals surface area contributed by atoms with E-state index in [4.69, 9.17) is 0 Å². The van der Waals surface area contributed by atoms with Crippen LogP contribution in [0, 0.1) is 6.92 Å². The molecule has 0 unspecified atom stereocenters. The van der Waals surface area contributed by atoms with Crippen LogP contribution < -0.4 is 0 Å². The largest absolute Gasteiger partial charge is 0.506 e. The Hall–Kier alpha value is -1.35. The molecular formula is C10H9NOS. The van der Waals surface area contributed by atoms with Gasteiger partial charge in [0.2, 0.25) is 0 Å². The highest BCUT2D eigenvalue weighted by Gasteiger charge is 2.05. The van der Waals surface area contributed by atoms with Crippen molar-refractivity contribution in [3.63, 3.8) is 0 Å². The summed E-state index contributed by atoms with van der Waals surface area (Å²) in [5.41, 5.74) is 1.65. The number of aryl methyl sites for hydroxylation is 1. The molecule has 13 heavy (non-hydrogen) atoms. The second-order valence-electron chi connectivity index (χ2n) is 2.82. The molecule has 0 saturated carbocycles. The van der Waals surface area contributed by atoms with Gasteiger partial charge < -0.3 is 5.11 Å². The summed E-state index contributed by atoms with van der Waals surface area (Å²) in [6.07, 6.45) is 1.68. The fourth-order valence-corrected chi connectivity index (χ4v) is 1.87. The van der Waals surface area contributed by atoms with Crippen LogP contribution in [-0.4, -0.2) is 10.1 Å². The van der Waals surface area contributed by atoms with Crippen molar-refractivity contribution >= 4 is 11.3 Å². The summed E-state index contributed by atoms with van der Waals surface area (Å²) in [4.78, 5) is 5.34. The van der Waals surface area contributed by atoms with Gasteiger partial charge in [-0.25, -0.2) is 0 Å². The third-order valence-electron chi connectivity index (χ3n) is 1.79. The zero-order valence-electron chi connectivity index (χ0n) is 7.19. The standard InChI is InChI=1S/C10H9NOS/c1-7-5-8(6-13-7)10-9(12)3-2-4-11-10/h2-6,12H,1H3. The first-order chi connectivity index (χ1) is 6.27. The second-order valence-corrected chi connectivity index (χ2v) is 3.93. The highest BCUT2D eigenvalue weighted by molar-refractivity contribution is 7.10. The summed E-state index contributed by atoms with van der Waals surface area (Å²) in [5, 5.41) is 11.5. The van der Waals surface area contributed by atoms with E-state index >= 15 is 0 Å². The van der Waals surface area contributed by atoms with E-state index in [0.29, 0.717) is 5.69 Å². The molecule has 0 fully saturated rings. The van der Waals surface area contributed by atoms with Crippen LogP contribution in [0.5, 0.6) is 5.75 Å². The SMILES string of the molecule is Cc1cc(-c2ncccc2O)cs1. The summed E-state index contributed by atoms with van der Waals surface area (Å²) < 4.78 is 0. The molecule has 0 aliphatic rings. The van der Waals surface area contributed by atoms with E-state index in [-0.39, 0.29) is 5.75 Å². The minimum absolute atomic E-state index is 0.236. The van der Waals surface area contributed by atoms with E-state index in [1.165, 1.54) is 4.88 Å². The van der Waals surface area contributed by atoms with Crippen molar-refractivity contribution in [1.29, 1.82) is 0 Å². The summed E-state index contributed by atoms with van der Waals surface area (Å²) in [7, 11) is 0. The molecule has 2 aromatic heterocycles. The first kappa shape index (κ1) is 8.26. The van der Waals surface area contributed by atoms with Crippen LogP contribution in [0.25, 0.3) is 11.3 Å². The molecule has 1 N–H and O–H groups in total. The molecule has 0 bridgehead atoms. The number of pyridine rings is 1. The molecular weight excluding hydrogens is 182 g/mol. The average molecular weight is 191 g/mol. The molecule has 0 atom stereocenters. The smallest absolute Gasteiger partial charge is 0.141 e. The minimum atomic E-state index is 0.236. The normalized spacial score (nSPS) is 10.2. The monoisotopic (exact) mass is 191 g/mol. The Kier molecular flexibility index (Phi) is 2.02. The molecule has 0 spiro atoms. The van der Waals surface area contributed by atoms with Crippen molar-refractivity contribution in [3.05, 3.63) is 34.7 Å². The summed E-state index contributed by atoms with van der Waals surface area (Å²) in [5.74, 6) is 0.236. The van der Waals surface area contributed by atoms with Gasteiger partial charge in [0.1, 0.15) is 11.4 Å². The van der Waals surface area contributed by atoms with Crippen molar-refractivity contribution in [2.75, 3.05) is 0 Å². The van der Waals surface area contributed by atoms with Gasteiger partial charge in [0.05, 0.1) is 0 Å². The molecule has 0 amide bonds. The lowest BCUT2D eigenvalue weighted by atomic mass is 10.2. The van der Waals surface area contributed by atoms with Crippen LogP contribution >= 0.6 is 11.3 Å². The summed E-state index contributed by atoms with van der Waals surface area (Å²) >= 11 is 1.66. The molecule has 0 aliphatic heterocycles. The lowest BCUT2D eigenvalue weighted by Crippen LogP contribution is -1.79.